The molecular formula is C19H34OSi. The molecule has 0 aliphatic rings. The Morgan fingerprint density at radius 1 is 1.10 bits per heavy atom. The number of aryl methyl sites for hydroxylation is 1. The molecule has 0 saturated heterocycles. The van der Waals surface area contributed by atoms with E-state index >= 15 is 0 Å². The number of benzene rings is 1. The molecule has 21 heavy (non-hydrogen) atoms. The van der Waals surface area contributed by atoms with Gasteiger partial charge in [0.15, 0.2) is 8.32 Å². The zero-order valence-electron chi connectivity index (χ0n) is 14.9. The third-order valence-electron chi connectivity index (χ3n) is 5.12. The summed E-state index contributed by atoms with van der Waals surface area (Å²) in [5, 5.41) is 0.0504. The minimum atomic E-state index is -2.14. The Morgan fingerprint density at radius 2 is 1.67 bits per heavy atom. The predicted molar refractivity (Wildman–Crippen MR) is 96.4 cm³/mol. The maximum Gasteiger partial charge on any atom is 0.188 e. The standard InChI is InChI=1S/C19H34OSi/c1-7-8-9-10-18(15-19(3,4)21(5,6)20)17-13-11-16(2)12-14-17/h11-14,18,20H,7-10,15H2,1-6H3. The lowest BCUT2D eigenvalue weighted by molar-refractivity contribution is 0.406. The molecular weight excluding hydrogens is 272 g/mol. The Bertz CT molecular complexity index is 414. The maximum absolute atomic E-state index is 10.6. The van der Waals surface area contributed by atoms with Crippen LogP contribution in [0.2, 0.25) is 18.1 Å². The normalized spacial score (nSPS) is 14.2. The van der Waals surface area contributed by atoms with E-state index in [1.807, 2.05) is 0 Å². The van der Waals surface area contributed by atoms with Gasteiger partial charge in [-0.2, -0.15) is 0 Å². The Hall–Kier alpha value is -0.603. The molecule has 0 aromatic heterocycles. The highest BCUT2D eigenvalue weighted by atomic mass is 28.4. The lowest BCUT2D eigenvalue weighted by Gasteiger charge is -2.38. The fourth-order valence-electron chi connectivity index (χ4n) is 2.73. The van der Waals surface area contributed by atoms with Crippen molar-refractivity contribution >= 4 is 8.32 Å². The van der Waals surface area contributed by atoms with Gasteiger partial charge in [-0.1, -0.05) is 69.9 Å². The molecule has 120 valence electrons. The summed E-state index contributed by atoms with van der Waals surface area (Å²) >= 11 is 0. The van der Waals surface area contributed by atoms with Crippen LogP contribution in [0.3, 0.4) is 0 Å². The smallest absolute Gasteiger partial charge is 0.188 e. The molecule has 2 heteroatoms. The number of rotatable bonds is 8. The molecule has 1 unspecified atom stereocenters. The van der Waals surface area contributed by atoms with Crippen molar-refractivity contribution in [3.8, 4) is 0 Å². The van der Waals surface area contributed by atoms with Crippen LogP contribution in [0.1, 0.15) is 69.9 Å². The van der Waals surface area contributed by atoms with Crippen LogP contribution in [0.15, 0.2) is 24.3 Å². The van der Waals surface area contributed by atoms with Crippen LogP contribution in [-0.4, -0.2) is 13.1 Å². The molecule has 0 aliphatic carbocycles. The van der Waals surface area contributed by atoms with Gasteiger partial charge in [-0.05, 0) is 49.4 Å². The van der Waals surface area contributed by atoms with Crippen molar-refractivity contribution in [1.82, 2.24) is 0 Å². The van der Waals surface area contributed by atoms with Crippen LogP contribution in [-0.2, 0) is 0 Å². The molecule has 1 aromatic rings. The van der Waals surface area contributed by atoms with E-state index in [9.17, 15) is 4.80 Å². The highest BCUT2D eigenvalue weighted by Gasteiger charge is 2.39. The monoisotopic (exact) mass is 306 g/mol. The molecule has 0 radical (unpaired) electrons. The fraction of sp³-hybridized carbons (Fsp3) is 0.684. The van der Waals surface area contributed by atoms with E-state index in [-0.39, 0.29) is 5.04 Å². The van der Waals surface area contributed by atoms with E-state index in [1.165, 1.54) is 36.8 Å². The van der Waals surface area contributed by atoms with Crippen LogP contribution in [0.25, 0.3) is 0 Å². The summed E-state index contributed by atoms with van der Waals surface area (Å²) in [7, 11) is -2.14. The molecule has 1 N–H and O–H groups in total. The van der Waals surface area contributed by atoms with Gasteiger partial charge >= 0.3 is 0 Å². The van der Waals surface area contributed by atoms with E-state index < -0.39 is 8.32 Å². The fourth-order valence-corrected chi connectivity index (χ4v) is 3.48. The Balaban J connectivity index is 2.89. The first-order valence-corrected chi connectivity index (χ1v) is 11.4. The minimum absolute atomic E-state index is 0.0504. The zero-order chi connectivity index (χ0) is 16.1. The first-order chi connectivity index (χ1) is 9.67. The average molecular weight is 307 g/mol. The third-order valence-corrected chi connectivity index (χ3v) is 8.63. The Morgan fingerprint density at radius 3 is 2.14 bits per heavy atom. The first-order valence-electron chi connectivity index (χ1n) is 8.46. The SMILES string of the molecule is CCCCCC(CC(C)(C)[Si](C)(C)O)c1ccc(C)cc1. The van der Waals surface area contributed by atoms with Crippen molar-refractivity contribution < 1.29 is 4.80 Å². The van der Waals surface area contributed by atoms with Crippen molar-refractivity contribution in [2.45, 2.75) is 83.8 Å². The quantitative estimate of drug-likeness (QED) is 0.459. The molecule has 0 fully saturated rings. The van der Waals surface area contributed by atoms with Gasteiger partial charge in [0.25, 0.3) is 0 Å². The Kier molecular flexibility index (Phi) is 6.67. The lowest BCUT2D eigenvalue weighted by Crippen LogP contribution is -2.39. The highest BCUT2D eigenvalue weighted by molar-refractivity contribution is 6.72. The maximum atomic E-state index is 10.6. The lowest BCUT2D eigenvalue weighted by atomic mass is 9.85. The number of hydrogen-bond acceptors (Lipinski definition) is 1. The van der Waals surface area contributed by atoms with Gasteiger partial charge < -0.3 is 4.80 Å². The van der Waals surface area contributed by atoms with Crippen molar-refractivity contribution in [3.63, 3.8) is 0 Å². The van der Waals surface area contributed by atoms with Gasteiger partial charge in [-0.3, -0.25) is 0 Å². The van der Waals surface area contributed by atoms with Crippen LogP contribution in [0.4, 0.5) is 0 Å². The summed E-state index contributed by atoms with van der Waals surface area (Å²) in [6.45, 7) is 13.1. The van der Waals surface area contributed by atoms with E-state index in [0.717, 1.165) is 6.42 Å². The molecule has 1 rings (SSSR count). The van der Waals surface area contributed by atoms with Crippen molar-refractivity contribution in [1.29, 1.82) is 0 Å². The van der Waals surface area contributed by atoms with Gasteiger partial charge in [0.2, 0.25) is 0 Å². The van der Waals surface area contributed by atoms with Gasteiger partial charge in [-0.25, -0.2) is 0 Å². The zero-order valence-corrected chi connectivity index (χ0v) is 15.9. The summed E-state index contributed by atoms with van der Waals surface area (Å²) in [4.78, 5) is 10.6. The molecule has 0 saturated carbocycles. The first kappa shape index (κ1) is 18.4. The second-order valence-corrected chi connectivity index (χ2v) is 12.2. The largest absolute Gasteiger partial charge is 0.432 e. The molecule has 0 bridgehead atoms. The van der Waals surface area contributed by atoms with Crippen LogP contribution in [0, 0.1) is 6.92 Å². The van der Waals surface area contributed by atoms with Gasteiger partial charge in [0.1, 0.15) is 0 Å². The second-order valence-electron chi connectivity index (χ2n) is 7.75. The Labute approximate surface area is 132 Å². The summed E-state index contributed by atoms with van der Waals surface area (Å²) in [6.07, 6.45) is 6.20. The molecule has 1 atom stereocenters. The third kappa shape index (κ3) is 5.59. The highest BCUT2D eigenvalue weighted by Crippen LogP contribution is 2.45. The van der Waals surface area contributed by atoms with Crippen molar-refractivity contribution in [2.24, 2.45) is 0 Å². The molecule has 1 nitrogen and oxygen atoms in total. The molecule has 0 aliphatic heterocycles. The topological polar surface area (TPSA) is 20.2 Å². The minimum Gasteiger partial charge on any atom is -0.432 e. The van der Waals surface area contributed by atoms with E-state index in [1.54, 1.807) is 0 Å². The van der Waals surface area contributed by atoms with Crippen LogP contribution >= 0.6 is 0 Å². The van der Waals surface area contributed by atoms with Crippen LogP contribution < -0.4 is 0 Å². The van der Waals surface area contributed by atoms with E-state index in [4.69, 9.17) is 0 Å². The summed E-state index contributed by atoms with van der Waals surface area (Å²) < 4.78 is 0. The van der Waals surface area contributed by atoms with Gasteiger partial charge in [0, 0.05) is 0 Å². The molecule has 0 spiro atoms. The summed E-state index contributed by atoms with van der Waals surface area (Å²) in [5.41, 5.74) is 2.77. The van der Waals surface area contributed by atoms with Crippen LogP contribution in [0.5, 0.6) is 0 Å². The van der Waals surface area contributed by atoms with E-state index in [2.05, 4.69) is 65.1 Å². The van der Waals surface area contributed by atoms with Gasteiger partial charge in [-0.15, -0.1) is 0 Å². The number of unbranched alkanes of at least 4 members (excludes halogenated alkanes) is 2. The molecule has 0 heterocycles. The van der Waals surface area contributed by atoms with E-state index in [0.29, 0.717) is 5.92 Å². The van der Waals surface area contributed by atoms with Crippen molar-refractivity contribution in [3.05, 3.63) is 35.4 Å². The molecule has 1 aromatic carbocycles. The summed E-state index contributed by atoms with van der Waals surface area (Å²) in [6, 6.07) is 9.01. The number of hydrogen-bond donors (Lipinski definition) is 1. The van der Waals surface area contributed by atoms with Crippen molar-refractivity contribution in [2.75, 3.05) is 0 Å². The summed E-state index contributed by atoms with van der Waals surface area (Å²) in [5.74, 6) is 0.575. The average Bonchev–Trinajstić information content (AvgIpc) is 2.37. The van der Waals surface area contributed by atoms with Gasteiger partial charge in [0.05, 0.1) is 0 Å². The predicted octanol–water partition coefficient (Wildman–Crippen LogP) is 6.03. The second kappa shape index (κ2) is 7.60. The molecule has 0 amide bonds.